The largest absolute Gasteiger partial charge is 0.478 e. The quantitative estimate of drug-likeness (QED) is 0.203. The maximum Gasteiger partial charge on any atom is 0.338 e. The van der Waals surface area contributed by atoms with Crippen molar-refractivity contribution in [2.24, 2.45) is 57.2 Å². The Kier molecular flexibility index (Phi) is 9.73. The highest BCUT2D eigenvalue weighted by Crippen LogP contribution is 2.73. The van der Waals surface area contributed by atoms with Crippen molar-refractivity contribution in [3.8, 4) is 0 Å². The van der Waals surface area contributed by atoms with E-state index in [1.165, 1.54) is 37.0 Å². The van der Waals surface area contributed by atoms with Crippen molar-refractivity contribution in [2.45, 2.75) is 118 Å². The number of aromatic carboxylic acids is 1. The van der Waals surface area contributed by atoms with E-state index in [0.717, 1.165) is 56.6 Å². The van der Waals surface area contributed by atoms with Gasteiger partial charge in [-0.1, -0.05) is 58.0 Å². The fourth-order valence-electron chi connectivity index (χ4n) is 13.5. The number of aliphatic hydroxyl groups is 1. The molecular formula is C45H59FN2O5. The van der Waals surface area contributed by atoms with Gasteiger partial charge in [0.1, 0.15) is 5.82 Å². The number of carboxylic acid groups (broad SMARTS) is 1. The number of carbonyl (C=O) groups excluding carboxylic acids is 2. The fourth-order valence-corrected chi connectivity index (χ4v) is 13.5. The molecule has 7 nitrogen and oxygen atoms in total. The number of carboxylic acids is 1. The summed E-state index contributed by atoms with van der Waals surface area (Å²) in [5.41, 5.74) is 2.48. The number of fused-ring (bicyclic) bond motifs is 7. The molecule has 53 heavy (non-hydrogen) atoms. The molecule has 5 saturated carbocycles. The van der Waals surface area contributed by atoms with E-state index >= 15 is 0 Å². The lowest BCUT2D eigenvalue weighted by atomic mass is 9.36. The lowest BCUT2D eigenvalue weighted by Gasteiger charge is -2.69. The van der Waals surface area contributed by atoms with E-state index in [9.17, 15) is 29.0 Å². The highest BCUT2D eigenvalue weighted by molar-refractivity contribution is 5.94. The lowest BCUT2D eigenvalue weighted by molar-refractivity contribution is -0.216. The highest BCUT2D eigenvalue weighted by Gasteiger charge is 2.68. The van der Waals surface area contributed by atoms with Gasteiger partial charge in [-0.05, 0) is 158 Å². The Morgan fingerprint density at radius 3 is 2.26 bits per heavy atom. The Labute approximate surface area is 314 Å². The van der Waals surface area contributed by atoms with Gasteiger partial charge in [0.15, 0.2) is 0 Å². The van der Waals surface area contributed by atoms with E-state index in [-0.39, 0.29) is 46.6 Å². The average molecular weight is 727 g/mol. The first kappa shape index (κ1) is 37.8. The number of aliphatic hydroxyl groups excluding tert-OH is 1. The normalized spacial score (nSPS) is 36.9. The number of hydrogen-bond donors (Lipinski definition) is 4. The van der Waals surface area contributed by atoms with Gasteiger partial charge in [0, 0.05) is 18.7 Å². The molecule has 0 aliphatic heterocycles. The van der Waals surface area contributed by atoms with Gasteiger partial charge in [-0.15, -0.1) is 0 Å². The topological polar surface area (TPSA) is 116 Å². The standard InChI is InChI=1S/C45H59FN2O5/c1-26(2)30-14-20-45(41(53)48-25-27-8-7-9-29(22-27)39(50)47-24-28-10-12-34(46)32(23-28)40(51)52)21-15-33-31(38(30)45)11-13-36-43(33,5)18-16-35-42(3,4)37(49)17-19-44(35,36)6/h7-10,12,22-23,30-31,33,35-38,49H,1,11,13-21,24-25H2,2-6H3,(H,47,50)(H,48,53)(H,51,52). The van der Waals surface area contributed by atoms with E-state index < -0.39 is 22.8 Å². The number of nitrogens with one attached hydrogen (secondary N) is 2. The molecule has 0 saturated heterocycles. The third kappa shape index (κ3) is 6.15. The van der Waals surface area contributed by atoms with Crippen molar-refractivity contribution < 1.29 is 29.0 Å². The Balaban J connectivity index is 1.06. The minimum absolute atomic E-state index is 0.0526. The number of halogens is 1. The van der Waals surface area contributed by atoms with Gasteiger partial charge in [0.25, 0.3) is 5.91 Å². The fraction of sp³-hybridized carbons (Fsp3) is 0.622. The van der Waals surface area contributed by atoms with E-state index in [2.05, 4.69) is 51.8 Å². The van der Waals surface area contributed by atoms with Crippen LogP contribution in [-0.4, -0.2) is 34.1 Å². The summed E-state index contributed by atoms with van der Waals surface area (Å²) >= 11 is 0. The highest BCUT2D eigenvalue weighted by atomic mass is 19.1. The maximum absolute atomic E-state index is 14.6. The summed E-state index contributed by atoms with van der Waals surface area (Å²) in [5.74, 6) is 0.466. The third-order valence-electron chi connectivity index (χ3n) is 16.0. The van der Waals surface area contributed by atoms with Crippen molar-refractivity contribution in [1.82, 2.24) is 10.6 Å². The van der Waals surface area contributed by atoms with E-state index in [0.29, 0.717) is 47.3 Å². The van der Waals surface area contributed by atoms with Crippen molar-refractivity contribution >= 4 is 17.8 Å². The van der Waals surface area contributed by atoms with Crippen LogP contribution in [-0.2, 0) is 17.9 Å². The average Bonchev–Trinajstić information content (AvgIpc) is 3.54. The Hall–Kier alpha value is -3.52. The molecule has 2 aromatic carbocycles. The predicted molar refractivity (Wildman–Crippen MR) is 203 cm³/mol. The van der Waals surface area contributed by atoms with Crippen LogP contribution in [0.15, 0.2) is 54.6 Å². The SMILES string of the molecule is C=C(C)C1CCC2(C(=O)NCc3cccc(C(=O)NCc4ccc(F)c(C(=O)O)c4)c3)CCC3C(CCC4C3(C)CCC3C(C)(C)C(O)CCC34C)C12. The molecule has 7 rings (SSSR count). The second kappa shape index (κ2) is 13.6. The molecule has 2 amide bonds. The number of hydrogen-bond acceptors (Lipinski definition) is 4. The molecule has 286 valence electrons. The van der Waals surface area contributed by atoms with Crippen LogP contribution in [0.3, 0.4) is 0 Å². The molecule has 8 heteroatoms. The monoisotopic (exact) mass is 726 g/mol. The van der Waals surface area contributed by atoms with Gasteiger partial charge < -0.3 is 20.8 Å². The zero-order valence-corrected chi connectivity index (χ0v) is 32.3. The van der Waals surface area contributed by atoms with Crippen molar-refractivity contribution in [3.63, 3.8) is 0 Å². The summed E-state index contributed by atoms with van der Waals surface area (Å²) in [5, 5.41) is 26.4. The molecule has 0 heterocycles. The number of benzene rings is 2. The third-order valence-corrected chi connectivity index (χ3v) is 16.0. The van der Waals surface area contributed by atoms with Gasteiger partial charge in [-0.3, -0.25) is 9.59 Å². The summed E-state index contributed by atoms with van der Waals surface area (Å²) in [4.78, 5) is 39.0. The van der Waals surface area contributed by atoms with Crippen LogP contribution in [0, 0.1) is 63.0 Å². The molecule has 10 atom stereocenters. The first-order valence-electron chi connectivity index (χ1n) is 20.0. The summed E-state index contributed by atoms with van der Waals surface area (Å²) in [6, 6.07) is 11.0. The van der Waals surface area contributed by atoms with Crippen LogP contribution in [0.1, 0.15) is 131 Å². The van der Waals surface area contributed by atoms with Crippen LogP contribution >= 0.6 is 0 Å². The lowest BCUT2D eigenvalue weighted by Crippen LogP contribution is -2.64. The summed E-state index contributed by atoms with van der Waals surface area (Å²) in [6.07, 6.45) is 10.4. The molecular weight excluding hydrogens is 668 g/mol. The van der Waals surface area contributed by atoms with Crippen LogP contribution < -0.4 is 10.6 Å². The Bertz CT molecular complexity index is 1810. The van der Waals surface area contributed by atoms with Crippen molar-refractivity contribution in [2.75, 3.05) is 0 Å². The number of allylic oxidation sites excluding steroid dienone is 1. The van der Waals surface area contributed by atoms with Crippen molar-refractivity contribution in [1.29, 1.82) is 0 Å². The van der Waals surface area contributed by atoms with Gasteiger partial charge >= 0.3 is 5.97 Å². The number of carbonyl (C=O) groups is 3. The maximum atomic E-state index is 14.6. The Morgan fingerprint density at radius 1 is 0.830 bits per heavy atom. The van der Waals surface area contributed by atoms with Gasteiger partial charge in [-0.25, -0.2) is 9.18 Å². The summed E-state index contributed by atoms with van der Waals surface area (Å²) in [7, 11) is 0. The molecule has 2 aromatic rings. The van der Waals surface area contributed by atoms with Crippen LogP contribution in [0.25, 0.3) is 0 Å². The molecule has 4 N–H and O–H groups in total. The second-order valence-corrected chi connectivity index (χ2v) is 18.8. The smallest absolute Gasteiger partial charge is 0.338 e. The zero-order valence-electron chi connectivity index (χ0n) is 32.3. The van der Waals surface area contributed by atoms with Crippen LogP contribution in [0.5, 0.6) is 0 Å². The second-order valence-electron chi connectivity index (χ2n) is 18.8. The van der Waals surface area contributed by atoms with E-state index in [1.54, 1.807) is 18.2 Å². The molecule has 5 fully saturated rings. The summed E-state index contributed by atoms with van der Waals surface area (Å²) < 4.78 is 13.8. The Morgan fingerprint density at radius 2 is 1.53 bits per heavy atom. The molecule has 10 unspecified atom stereocenters. The van der Waals surface area contributed by atoms with E-state index in [1.807, 2.05) is 6.07 Å². The predicted octanol–water partition coefficient (Wildman–Crippen LogP) is 8.70. The first-order chi connectivity index (χ1) is 25.0. The van der Waals surface area contributed by atoms with Crippen LogP contribution in [0.2, 0.25) is 0 Å². The molecule has 5 aliphatic carbocycles. The number of amides is 2. The summed E-state index contributed by atoms with van der Waals surface area (Å²) in [6.45, 7) is 16.8. The van der Waals surface area contributed by atoms with Gasteiger partial charge in [-0.2, -0.15) is 0 Å². The minimum atomic E-state index is -1.36. The molecule has 0 radical (unpaired) electrons. The van der Waals surface area contributed by atoms with E-state index in [4.69, 9.17) is 0 Å². The molecule has 0 bridgehead atoms. The molecule has 5 aliphatic rings. The zero-order chi connectivity index (χ0) is 38.1. The minimum Gasteiger partial charge on any atom is -0.478 e. The van der Waals surface area contributed by atoms with Crippen LogP contribution in [0.4, 0.5) is 4.39 Å². The van der Waals surface area contributed by atoms with Gasteiger partial charge in [0.05, 0.1) is 17.1 Å². The number of rotatable bonds is 8. The molecule has 0 aromatic heterocycles. The van der Waals surface area contributed by atoms with Crippen molar-refractivity contribution in [3.05, 3.63) is 82.7 Å². The first-order valence-corrected chi connectivity index (χ1v) is 20.0. The van der Waals surface area contributed by atoms with Gasteiger partial charge in [0.2, 0.25) is 5.91 Å². The molecule has 0 spiro atoms.